The van der Waals surface area contributed by atoms with E-state index in [0.29, 0.717) is 21.6 Å². The van der Waals surface area contributed by atoms with Gasteiger partial charge in [0, 0.05) is 22.4 Å². The molecule has 170 valence electrons. The highest BCUT2D eigenvalue weighted by Gasteiger charge is 2.15. The minimum absolute atomic E-state index is 0.175. The van der Waals surface area contributed by atoms with Gasteiger partial charge in [-0.1, -0.05) is 58.6 Å². The number of aryl methyl sites for hydroxylation is 2. The second-order valence-electron chi connectivity index (χ2n) is 7.50. The molecule has 2 aromatic carbocycles. The second kappa shape index (κ2) is 9.87. The predicted octanol–water partition coefficient (Wildman–Crippen LogP) is 5.99. The Hall–Kier alpha value is -3.00. The number of hydrogen-bond acceptors (Lipinski definition) is 4. The van der Waals surface area contributed by atoms with Crippen LogP contribution in [0.25, 0.3) is 0 Å². The maximum Gasteiger partial charge on any atom is 0.277 e. The summed E-state index contributed by atoms with van der Waals surface area (Å²) in [4.78, 5) is 12.6. The number of carbonyl (C=O) groups is 1. The van der Waals surface area contributed by atoms with Crippen molar-refractivity contribution in [2.24, 2.45) is 0 Å². The number of anilines is 1. The van der Waals surface area contributed by atoms with Crippen LogP contribution in [0.15, 0.2) is 54.9 Å². The molecule has 0 saturated carbocycles. The average Bonchev–Trinajstić information content (AvgIpc) is 3.36. The molecular formula is C23H20Cl3N5O2. The molecule has 0 unspecified atom stereocenters. The van der Waals surface area contributed by atoms with Crippen LogP contribution in [0.4, 0.5) is 5.82 Å². The second-order valence-corrected chi connectivity index (χ2v) is 8.75. The first-order valence-corrected chi connectivity index (χ1v) is 11.1. The fourth-order valence-corrected chi connectivity index (χ4v) is 3.88. The number of ether oxygens (including phenoxy) is 1. The van der Waals surface area contributed by atoms with Gasteiger partial charge in [-0.2, -0.15) is 10.2 Å². The summed E-state index contributed by atoms with van der Waals surface area (Å²) < 4.78 is 8.92. The first-order chi connectivity index (χ1) is 15.8. The van der Waals surface area contributed by atoms with E-state index in [4.69, 9.17) is 39.5 Å². The Balaban J connectivity index is 1.39. The molecule has 10 heteroatoms. The Kier molecular flexibility index (Phi) is 6.93. The lowest BCUT2D eigenvalue weighted by Gasteiger charge is -2.09. The lowest BCUT2D eigenvalue weighted by molar-refractivity contribution is 0.101. The Bertz CT molecular complexity index is 1320. The zero-order valence-corrected chi connectivity index (χ0v) is 20.1. The van der Waals surface area contributed by atoms with Crippen LogP contribution in [0, 0.1) is 13.8 Å². The lowest BCUT2D eigenvalue weighted by atomic mass is 10.1. The van der Waals surface area contributed by atoms with Gasteiger partial charge in [-0.3, -0.25) is 9.48 Å². The fraction of sp³-hybridized carbons (Fsp3) is 0.174. The number of rotatable bonds is 7. The van der Waals surface area contributed by atoms with Gasteiger partial charge in [0.1, 0.15) is 10.8 Å². The summed E-state index contributed by atoms with van der Waals surface area (Å²) in [6.45, 7) is 4.55. The largest absolute Gasteiger partial charge is 0.471 e. The molecule has 0 aliphatic carbocycles. The maximum absolute atomic E-state index is 12.6. The summed E-state index contributed by atoms with van der Waals surface area (Å²) >= 11 is 18.4. The summed E-state index contributed by atoms with van der Waals surface area (Å²) in [6.07, 6.45) is 3.28. The van der Waals surface area contributed by atoms with Gasteiger partial charge < -0.3 is 10.1 Å². The molecule has 33 heavy (non-hydrogen) atoms. The topological polar surface area (TPSA) is 74.0 Å². The van der Waals surface area contributed by atoms with Crippen molar-refractivity contribution in [3.63, 3.8) is 0 Å². The van der Waals surface area contributed by atoms with Crippen LogP contribution in [0.2, 0.25) is 15.1 Å². The molecule has 0 bridgehead atoms. The van der Waals surface area contributed by atoms with Crippen LogP contribution >= 0.6 is 34.8 Å². The summed E-state index contributed by atoms with van der Waals surface area (Å²) in [5.41, 5.74) is 3.23. The minimum Gasteiger partial charge on any atom is -0.471 e. The number of amides is 1. The first-order valence-electron chi connectivity index (χ1n) is 10.0. The summed E-state index contributed by atoms with van der Waals surface area (Å²) in [5.74, 6) is 0.560. The Morgan fingerprint density at radius 3 is 2.58 bits per heavy atom. The first kappa shape index (κ1) is 23.2. The van der Waals surface area contributed by atoms with E-state index in [1.54, 1.807) is 35.3 Å². The molecule has 7 nitrogen and oxygen atoms in total. The van der Waals surface area contributed by atoms with Crippen molar-refractivity contribution in [2.75, 3.05) is 5.32 Å². The average molecular weight is 505 g/mol. The van der Waals surface area contributed by atoms with Gasteiger partial charge in [-0.25, -0.2) is 4.68 Å². The van der Waals surface area contributed by atoms with Crippen LogP contribution in [0.3, 0.4) is 0 Å². The third-order valence-electron chi connectivity index (χ3n) is 4.85. The molecular weight excluding hydrogens is 485 g/mol. The van der Waals surface area contributed by atoms with Crippen molar-refractivity contribution >= 4 is 46.5 Å². The molecule has 2 aromatic heterocycles. The normalized spacial score (nSPS) is 10.9. The van der Waals surface area contributed by atoms with Crippen molar-refractivity contribution in [2.45, 2.75) is 27.1 Å². The van der Waals surface area contributed by atoms with Crippen molar-refractivity contribution in [3.05, 3.63) is 92.3 Å². The van der Waals surface area contributed by atoms with E-state index < -0.39 is 5.91 Å². The van der Waals surface area contributed by atoms with Crippen LogP contribution in [-0.2, 0) is 13.3 Å². The van der Waals surface area contributed by atoms with Gasteiger partial charge in [-0.15, -0.1) is 0 Å². The van der Waals surface area contributed by atoms with E-state index in [9.17, 15) is 4.79 Å². The molecule has 0 saturated heterocycles. The molecule has 0 aliphatic rings. The lowest BCUT2D eigenvalue weighted by Crippen LogP contribution is -2.15. The van der Waals surface area contributed by atoms with Gasteiger partial charge in [0.05, 0.1) is 6.54 Å². The number of nitrogens with one attached hydrogen (secondary N) is 1. The third-order valence-corrected chi connectivity index (χ3v) is 5.72. The zero-order valence-electron chi connectivity index (χ0n) is 17.8. The van der Waals surface area contributed by atoms with Crippen LogP contribution < -0.4 is 10.1 Å². The molecule has 4 rings (SSSR count). The highest BCUT2D eigenvalue weighted by Crippen LogP contribution is 2.25. The highest BCUT2D eigenvalue weighted by molar-refractivity contribution is 6.35. The fourth-order valence-electron chi connectivity index (χ4n) is 3.21. The van der Waals surface area contributed by atoms with Gasteiger partial charge >= 0.3 is 0 Å². The minimum atomic E-state index is -0.433. The number of benzene rings is 2. The number of halogens is 3. The molecule has 1 N–H and O–H groups in total. The van der Waals surface area contributed by atoms with Gasteiger partial charge in [0.25, 0.3) is 5.91 Å². The van der Waals surface area contributed by atoms with Crippen molar-refractivity contribution in [1.29, 1.82) is 0 Å². The number of nitrogens with zero attached hydrogens (tertiary/aromatic N) is 4. The van der Waals surface area contributed by atoms with Crippen molar-refractivity contribution in [1.82, 2.24) is 19.6 Å². The Labute approximate surface area is 205 Å². The van der Waals surface area contributed by atoms with E-state index in [1.807, 2.05) is 38.1 Å². The molecule has 0 radical (unpaired) electrons. The molecule has 4 aromatic rings. The molecule has 2 heterocycles. The Morgan fingerprint density at radius 2 is 1.82 bits per heavy atom. The van der Waals surface area contributed by atoms with E-state index in [0.717, 1.165) is 22.4 Å². The van der Waals surface area contributed by atoms with E-state index >= 15 is 0 Å². The van der Waals surface area contributed by atoms with Crippen molar-refractivity contribution < 1.29 is 9.53 Å². The standard InChI is InChI=1S/C23H20Cl3N5O2/c1-14-3-6-21(15(2)9-14)33-13-30-8-7-20(28-30)23(32)27-22-19(26)12-31(29-22)11-16-4-5-17(24)10-18(16)25/h3-10,12H,11,13H2,1-2H3,(H,27,29,32). The summed E-state index contributed by atoms with van der Waals surface area (Å²) in [5, 5.41) is 12.7. The van der Waals surface area contributed by atoms with E-state index in [-0.39, 0.29) is 18.2 Å². The van der Waals surface area contributed by atoms with Gasteiger partial charge in [0.15, 0.2) is 18.2 Å². The van der Waals surface area contributed by atoms with Crippen LogP contribution in [0.5, 0.6) is 5.75 Å². The quantitative estimate of drug-likeness (QED) is 0.335. The molecule has 0 fully saturated rings. The molecule has 0 atom stereocenters. The Morgan fingerprint density at radius 1 is 1.00 bits per heavy atom. The number of hydrogen-bond donors (Lipinski definition) is 1. The zero-order chi connectivity index (χ0) is 23.5. The third kappa shape index (κ3) is 5.68. The molecule has 0 spiro atoms. The van der Waals surface area contributed by atoms with E-state index in [1.165, 1.54) is 4.68 Å². The molecule has 1 amide bonds. The SMILES string of the molecule is Cc1ccc(OCn2ccc(C(=O)Nc3nn(Cc4ccc(Cl)cc4Cl)cc3Cl)n2)c(C)c1. The predicted molar refractivity (Wildman–Crippen MR) is 130 cm³/mol. The van der Waals surface area contributed by atoms with Crippen LogP contribution in [-0.4, -0.2) is 25.5 Å². The maximum atomic E-state index is 12.6. The number of carbonyl (C=O) groups excluding carboxylic acids is 1. The highest BCUT2D eigenvalue weighted by atomic mass is 35.5. The van der Waals surface area contributed by atoms with Gasteiger partial charge in [0.2, 0.25) is 0 Å². The summed E-state index contributed by atoms with van der Waals surface area (Å²) in [7, 11) is 0. The smallest absolute Gasteiger partial charge is 0.277 e. The van der Waals surface area contributed by atoms with Crippen LogP contribution in [0.1, 0.15) is 27.2 Å². The number of aromatic nitrogens is 4. The monoisotopic (exact) mass is 503 g/mol. The van der Waals surface area contributed by atoms with Gasteiger partial charge in [-0.05, 0) is 49.2 Å². The summed E-state index contributed by atoms with van der Waals surface area (Å²) in [6, 6.07) is 12.8. The van der Waals surface area contributed by atoms with Crippen molar-refractivity contribution in [3.8, 4) is 5.75 Å². The van der Waals surface area contributed by atoms with E-state index in [2.05, 4.69) is 15.5 Å². The molecule has 0 aliphatic heterocycles.